The number of carbonyl (C=O) groups is 1. The number of benzene rings is 3. The predicted octanol–water partition coefficient (Wildman–Crippen LogP) is 3.91. The number of nitrogen functional groups attached to an aromatic ring is 1. The van der Waals surface area contributed by atoms with Gasteiger partial charge in [0.2, 0.25) is 0 Å². The number of carboxylic acid groups (broad SMARTS) is 1. The van der Waals surface area contributed by atoms with Crippen LogP contribution in [-0.2, 0) is 0 Å². The molecular formula is C17H13NO3. The molecule has 0 heterocycles. The Labute approximate surface area is 121 Å². The van der Waals surface area contributed by atoms with E-state index in [1.54, 1.807) is 12.1 Å². The van der Waals surface area contributed by atoms with Crippen LogP contribution in [0.3, 0.4) is 0 Å². The highest BCUT2D eigenvalue weighted by Crippen LogP contribution is 2.31. The van der Waals surface area contributed by atoms with Gasteiger partial charge in [0, 0.05) is 0 Å². The average molecular weight is 279 g/mol. The third kappa shape index (κ3) is 2.51. The largest absolute Gasteiger partial charge is 0.478 e. The van der Waals surface area contributed by atoms with Crippen LogP contribution in [0.5, 0.6) is 11.5 Å². The van der Waals surface area contributed by atoms with E-state index in [9.17, 15) is 4.79 Å². The summed E-state index contributed by atoms with van der Waals surface area (Å²) in [6.07, 6.45) is 0. The molecule has 0 saturated carbocycles. The molecule has 3 aromatic rings. The Morgan fingerprint density at radius 1 is 0.952 bits per heavy atom. The number of hydrogen-bond donors (Lipinski definition) is 2. The number of hydrogen-bond acceptors (Lipinski definition) is 3. The van der Waals surface area contributed by atoms with Gasteiger partial charge in [-0.25, -0.2) is 4.79 Å². The minimum Gasteiger partial charge on any atom is -0.478 e. The predicted molar refractivity (Wildman–Crippen MR) is 81.8 cm³/mol. The number of anilines is 1. The molecular weight excluding hydrogens is 266 g/mol. The zero-order valence-electron chi connectivity index (χ0n) is 11.1. The summed E-state index contributed by atoms with van der Waals surface area (Å²) >= 11 is 0. The molecule has 3 aromatic carbocycles. The maximum atomic E-state index is 11.1. The summed E-state index contributed by atoms with van der Waals surface area (Å²) < 4.78 is 5.72. The minimum absolute atomic E-state index is 0.0355. The molecule has 0 atom stereocenters. The van der Waals surface area contributed by atoms with E-state index in [0.29, 0.717) is 11.5 Å². The van der Waals surface area contributed by atoms with E-state index in [0.717, 1.165) is 10.8 Å². The van der Waals surface area contributed by atoms with E-state index >= 15 is 0 Å². The zero-order chi connectivity index (χ0) is 14.8. The highest BCUT2D eigenvalue weighted by molar-refractivity contribution is 5.95. The molecule has 0 aliphatic carbocycles. The topological polar surface area (TPSA) is 72.5 Å². The van der Waals surface area contributed by atoms with Crippen LogP contribution in [-0.4, -0.2) is 11.1 Å². The standard InChI is InChI=1S/C17H13NO3/c18-16-14(17(19)20)6-3-7-15(16)21-13-9-8-11-4-1-2-5-12(11)10-13/h1-10H,18H2,(H,19,20). The van der Waals surface area contributed by atoms with Crippen LogP contribution < -0.4 is 10.5 Å². The lowest BCUT2D eigenvalue weighted by Gasteiger charge is -2.10. The van der Waals surface area contributed by atoms with Crippen molar-refractivity contribution in [1.82, 2.24) is 0 Å². The molecule has 0 aliphatic heterocycles. The van der Waals surface area contributed by atoms with Gasteiger partial charge in [-0.1, -0.05) is 36.4 Å². The molecule has 104 valence electrons. The van der Waals surface area contributed by atoms with Gasteiger partial charge in [0.05, 0.1) is 11.3 Å². The second-order valence-corrected chi connectivity index (χ2v) is 4.63. The first-order valence-corrected chi connectivity index (χ1v) is 6.43. The Kier molecular flexibility index (Phi) is 3.20. The number of nitrogens with two attached hydrogens (primary N) is 1. The van der Waals surface area contributed by atoms with Crippen LogP contribution in [0.2, 0.25) is 0 Å². The molecule has 0 bridgehead atoms. The normalized spacial score (nSPS) is 10.5. The monoisotopic (exact) mass is 279 g/mol. The Bertz CT molecular complexity index is 827. The Hall–Kier alpha value is -3.01. The molecule has 0 spiro atoms. The van der Waals surface area contributed by atoms with Crippen molar-refractivity contribution in [2.75, 3.05) is 5.73 Å². The van der Waals surface area contributed by atoms with Crippen LogP contribution in [0.15, 0.2) is 60.7 Å². The van der Waals surface area contributed by atoms with Crippen LogP contribution in [0.1, 0.15) is 10.4 Å². The van der Waals surface area contributed by atoms with Crippen molar-refractivity contribution < 1.29 is 14.6 Å². The van der Waals surface area contributed by atoms with Crippen molar-refractivity contribution in [2.24, 2.45) is 0 Å². The van der Waals surface area contributed by atoms with Crippen LogP contribution in [0, 0.1) is 0 Å². The van der Waals surface area contributed by atoms with Crippen molar-refractivity contribution in [1.29, 1.82) is 0 Å². The van der Waals surface area contributed by atoms with E-state index in [1.165, 1.54) is 6.07 Å². The molecule has 3 rings (SSSR count). The zero-order valence-corrected chi connectivity index (χ0v) is 11.1. The van der Waals surface area contributed by atoms with E-state index in [4.69, 9.17) is 15.6 Å². The van der Waals surface area contributed by atoms with E-state index in [-0.39, 0.29) is 11.3 Å². The van der Waals surface area contributed by atoms with E-state index in [1.807, 2.05) is 42.5 Å². The van der Waals surface area contributed by atoms with Gasteiger partial charge in [0.15, 0.2) is 5.75 Å². The highest BCUT2D eigenvalue weighted by atomic mass is 16.5. The first-order chi connectivity index (χ1) is 10.1. The van der Waals surface area contributed by atoms with Crippen molar-refractivity contribution in [2.45, 2.75) is 0 Å². The molecule has 0 radical (unpaired) electrons. The second kappa shape index (κ2) is 5.17. The molecule has 3 N–H and O–H groups in total. The summed E-state index contributed by atoms with van der Waals surface area (Å²) in [4.78, 5) is 11.1. The summed E-state index contributed by atoms with van der Waals surface area (Å²) in [5, 5.41) is 11.2. The minimum atomic E-state index is -1.07. The lowest BCUT2D eigenvalue weighted by atomic mass is 10.1. The van der Waals surface area contributed by atoms with E-state index < -0.39 is 5.97 Å². The summed E-state index contributed by atoms with van der Waals surface area (Å²) in [6, 6.07) is 18.3. The lowest BCUT2D eigenvalue weighted by molar-refractivity contribution is 0.0697. The van der Waals surface area contributed by atoms with Crippen molar-refractivity contribution in [3.8, 4) is 11.5 Å². The molecule has 4 nitrogen and oxygen atoms in total. The number of para-hydroxylation sites is 1. The third-order valence-corrected chi connectivity index (χ3v) is 3.25. The summed E-state index contributed by atoms with van der Waals surface area (Å²) in [5.41, 5.74) is 6.00. The number of aromatic carboxylic acids is 1. The second-order valence-electron chi connectivity index (χ2n) is 4.63. The molecule has 21 heavy (non-hydrogen) atoms. The van der Waals surface area contributed by atoms with Crippen molar-refractivity contribution >= 4 is 22.4 Å². The SMILES string of the molecule is Nc1c(Oc2ccc3ccccc3c2)cccc1C(=O)O. The quantitative estimate of drug-likeness (QED) is 0.713. The summed E-state index contributed by atoms with van der Waals surface area (Å²) in [5.74, 6) is -0.121. The maximum absolute atomic E-state index is 11.1. The van der Waals surface area contributed by atoms with Crippen molar-refractivity contribution in [3.63, 3.8) is 0 Å². The van der Waals surface area contributed by atoms with Gasteiger partial charge in [-0.15, -0.1) is 0 Å². The fourth-order valence-electron chi connectivity index (χ4n) is 2.18. The smallest absolute Gasteiger partial charge is 0.337 e. The van der Waals surface area contributed by atoms with Crippen LogP contribution in [0.4, 0.5) is 5.69 Å². The van der Waals surface area contributed by atoms with Crippen molar-refractivity contribution in [3.05, 3.63) is 66.2 Å². The highest BCUT2D eigenvalue weighted by Gasteiger charge is 2.12. The van der Waals surface area contributed by atoms with Gasteiger partial charge in [0.25, 0.3) is 0 Å². The third-order valence-electron chi connectivity index (χ3n) is 3.25. The molecule has 0 saturated heterocycles. The molecule has 0 amide bonds. The summed E-state index contributed by atoms with van der Waals surface area (Å²) in [7, 11) is 0. The first-order valence-electron chi connectivity index (χ1n) is 6.43. The lowest BCUT2D eigenvalue weighted by Crippen LogP contribution is -2.03. The van der Waals surface area contributed by atoms with Gasteiger partial charge >= 0.3 is 5.97 Å². The van der Waals surface area contributed by atoms with Gasteiger partial charge in [-0.2, -0.15) is 0 Å². The number of ether oxygens (including phenoxy) is 1. The molecule has 4 heteroatoms. The summed E-state index contributed by atoms with van der Waals surface area (Å²) in [6.45, 7) is 0. The fraction of sp³-hybridized carbons (Fsp3) is 0. The Morgan fingerprint density at radius 2 is 1.71 bits per heavy atom. The van der Waals surface area contributed by atoms with Gasteiger partial charge in [0.1, 0.15) is 5.75 Å². The Balaban J connectivity index is 1.98. The average Bonchev–Trinajstić information content (AvgIpc) is 2.49. The first kappa shape index (κ1) is 13.0. The number of rotatable bonds is 3. The Morgan fingerprint density at radius 3 is 2.48 bits per heavy atom. The maximum Gasteiger partial charge on any atom is 0.337 e. The van der Waals surface area contributed by atoms with Gasteiger partial charge in [-0.05, 0) is 35.0 Å². The van der Waals surface area contributed by atoms with E-state index in [2.05, 4.69) is 0 Å². The molecule has 0 aromatic heterocycles. The number of fused-ring (bicyclic) bond motifs is 1. The molecule has 0 aliphatic rings. The van der Waals surface area contributed by atoms with Crippen LogP contribution in [0.25, 0.3) is 10.8 Å². The van der Waals surface area contributed by atoms with Gasteiger partial charge in [-0.3, -0.25) is 0 Å². The molecule has 0 fully saturated rings. The van der Waals surface area contributed by atoms with Crippen LogP contribution >= 0.6 is 0 Å². The fourth-order valence-corrected chi connectivity index (χ4v) is 2.18. The number of carboxylic acids is 1. The van der Waals surface area contributed by atoms with Gasteiger partial charge < -0.3 is 15.6 Å². The molecule has 0 unspecified atom stereocenters.